The molecular formula is C34H32N2O3S. The molecule has 0 aliphatic rings. The zero-order chi connectivity index (χ0) is 28.4. The van der Waals surface area contributed by atoms with E-state index in [1.165, 1.54) is 16.0 Å². The van der Waals surface area contributed by atoms with E-state index in [-0.39, 0.29) is 17.3 Å². The van der Waals surface area contributed by atoms with Gasteiger partial charge in [0, 0.05) is 62.1 Å². The second-order valence-corrected chi connectivity index (χ2v) is 11.2. The fourth-order valence-electron chi connectivity index (χ4n) is 5.36. The molecule has 6 heteroatoms. The van der Waals surface area contributed by atoms with E-state index in [9.17, 15) is 14.8 Å². The van der Waals surface area contributed by atoms with Crippen molar-refractivity contribution in [3.63, 3.8) is 0 Å². The van der Waals surface area contributed by atoms with Gasteiger partial charge in [0.15, 0.2) is 5.78 Å². The van der Waals surface area contributed by atoms with Gasteiger partial charge < -0.3 is 9.77 Å². The van der Waals surface area contributed by atoms with Gasteiger partial charge in [-0.2, -0.15) is 0 Å². The SMILES string of the molecule is CCn1c2ccc(C(=O)/C(CCSc3c(C)cccc3C)=N\O)cc2c2cc(C(=O)c3ccccc3C)ccc21. The largest absolute Gasteiger partial charge is 0.411 e. The van der Waals surface area contributed by atoms with Crippen molar-refractivity contribution in [2.45, 2.75) is 45.6 Å². The van der Waals surface area contributed by atoms with Crippen molar-refractivity contribution in [3.05, 3.63) is 112 Å². The van der Waals surface area contributed by atoms with E-state index in [0.29, 0.717) is 28.9 Å². The first-order chi connectivity index (χ1) is 19.3. The lowest BCUT2D eigenvalue weighted by atomic mass is 9.97. The zero-order valence-electron chi connectivity index (χ0n) is 23.2. The van der Waals surface area contributed by atoms with Crippen molar-refractivity contribution in [2.75, 3.05) is 5.75 Å². The molecule has 1 heterocycles. The number of thioether (sulfide) groups is 1. The first kappa shape index (κ1) is 27.4. The summed E-state index contributed by atoms with van der Waals surface area (Å²) < 4.78 is 2.18. The van der Waals surface area contributed by atoms with E-state index in [0.717, 1.165) is 33.9 Å². The molecule has 202 valence electrons. The molecule has 0 unspecified atom stereocenters. The Morgan fingerprint density at radius 1 is 0.800 bits per heavy atom. The molecule has 5 aromatic rings. The minimum atomic E-state index is -0.295. The highest BCUT2D eigenvalue weighted by Crippen LogP contribution is 2.32. The molecule has 0 atom stereocenters. The summed E-state index contributed by atoms with van der Waals surface area (Å²) in [5.41, 5.74) is 7.19. The quantitative estimate of drug-likeness (QED) is 0.0663. The Hall–Kier alpha value is -4.16. The highest BCUT2D eigenvalue weighted by molar-refractivity contribution is 7.99. The van der Waals surface area contributed by atoms with Gasteiger partial charge in [0.1, 0.15) is 5.71 Å². The van der Waals surface area contributed by atoms with Crippen LogP contribution in [0.1, 0.15) is 56.3 Å². The Kier molecular flexibility index (Phi) is 7.90. The number of aryl methyl sites for hydroxylation is 4. The molecule has 0 saturated carbocycles. The summed E-state index contributed by atoms with van der Waals surface area (Å²) in [6.45, 7) is 8.91. The number of oxime groups is 1. The summed E-state index contributed by atoms with van der Waals surface area (Å²) in [5.74, 6) is 0.301. The third-order valence-corrected chi connectivity index (χ3v) is 8.81. The van der Waals surface area contributed by atoms with Gasteiger partial charge in [0.05, 0.1) is 0 Å². The average molecular weight is 549 g/mol. The second kappa shape index (κ2) is 11.5. The van der Waals surface area contributed by atoms with Gasteiger partial charge in [-0.25, -0.2) is 0 Å². The molecule has 5 rings (SSSR count). The lowest BCUT2D eigenvalue weighted by Gasteiger charge is -2.09. The third-order valence-electron chi connectivity index (χ3n) is 7.47. The molecular weight excluding hydrogens is 516 g/mol. The number of fused-ring (bicyclic) bond motifs is 3. The number of ketones is 2. The molecule has 0 saturated heterocycles. The standard InChI is InChI=1S/C34H32N2O3S/c1-5-36-30-15-13-24(32(37)26-12-7-6-9-21(26)2)19-27(30)28-20-25(14-16-31(28)36)33(38)29(35-39)17-18-40-34-22(3)10-8-11-23(34)4/h6-16,19-20,39H,5,17-18H2,1-4H3/b35-29-. The lowest BCUT2D eigenvalue weighted by molar-refractivity contribution is 0.103. The van der Waals surface area contributed by atoms with Crippen molar-refractivity contribution < 1.29 is 14.8 Å². The number of hydrogen-bond donors (Lipinski definition) is 1. The van der Waals surface area contributed by atoms with Gasteiger partial charge >= 0.3 is 0 Å². The van der Waals surface area contributed by atoms with Gasteiger partial charge in [0.2, 0.25) is 5.78 Å². The van der Waals surface area contributed by atoms with Crippen LogP contribution in [-0.4, -0.2) is 32.8 Å². The molecule has 0 bridgehead atoms. The van der Waals surface area contributed by atoms with Crippen LogP contribution in [0.3, 0.4) is 0 Å². The number of carbonyl (C=O) groups is 2. The first-order valence-electron chi connectivity index (χ1n) is 13.4. The molecule has 0 spiro atoms. The van der Waals surface area contributed by atoms with Crippen LogP contribution in [0.25, 0.3) is 21.8 Å². The fourth-order valence-corrected chi connectivity index (χ4v) is 6.45. The Labute approximate surface area is 238 Å². The minimum Gasteiger partial charge on any atom is -0.411 e. The Bertz CT molecular complexity index is 1780. The van der Waals surface area contributed by atoms with Crippen LogP contribution in [0.5, 0.6) is 0 Å². The first-order valence-corrected chi connectivity index (χ1v) is 14.4. The summed E-state index contributed by atoms with van der Waals surface area (Å²) in [6, 6.07) is 25.1. The summed E-state index contributed by atoms with van der Waals surface area (Å²) in [4.78, 5) is 28.0. The number of hydrogen-bond acceptors (Lipinski definition) is 5. The van der Waals surface area contributed by atoms with Crippen LogP contribution < -0.4 is 0 Å². The molecule has 40 heavy (non-hydrogen) atoms. The molecule has 0 aliphatic carbocycles. The van der Waals surface area contributed by atoms with Crippen molar-refractivity contribution in [3.8, 4) is 0 Å². The van der Waals surface area contributed by atoms with E-state index in [4.69, 9.17) is 0 Å². The maximum Gasteiger partial charge on any atom is 0.210 e. The second-order valence-electron chi connectivity index (χ2n) is 10.0. The predicted octanol–water partition coefficient (Wildman–Crippen LogP) is 8.17. The highest BCUT2D eigenvalue weighted by Gasteiger charge is 2.20. The van der Waals surface area contributed by atoms with Crippen LogP contribution in [0, 0.1) is 20.8 Å². The number of benzene rings is 4. The molecule has 0 radical (unpaired) electrons. The summed E-state index contributed by atoms with van der Waals surface area (Å²) in [6.07, 6.45) is 0.345. The van der Waals surface area contributed by atoms with Gasteiger partial charge in [-0.15, -0.1) is 11.8 Å². The molecule has 1 N–H and O–H groups in total. The van der Waals surface area contributed by atoms with Gasteiger partial charge in [0.25, 0.3) is 0 Å². The van der Waals surface area contributed by atoms with Crippen LogP contribution in [0.4, 0.5) is 0 Å². The number of carbonyl (C=O) groups excluding carboxylic acids is 2. The van der Waals surface area contributed by atoms with E-state index >= 15 is 0 Å². The lowest BCUT2D eigenvalue weighted by Crippen LogP contribution is -2.15. The van der Waals surface area contributed by atoms with E-state index < -0.39 is 0 Å². The highest BCUT2D eigenvalue weighted by atomic mass is 32.2. The Morgan fingerprint density at radius 2 is 1.40 bits per heavy atom. The van der Waals surface area contributed by atoms with Crippen molar-refractivity contribution in [1.29, 1.82) is 0 Å². The molecule has 5 nitrogen and oxygen atoms in total. The normalized spacial score (nSPS) is 11.8. The molecule has 0 aliphatic heterocycles. The Balaban J connectivity index is 1.47. The maximum atomic E-state index is 13.4. The molecule has 1 aromatic heterocycles. The van der Waals surface area contributed by atoms with Crippen molar-refractivity contribution >= 4 is 50.8 Å². The number of nitrogens with zero attached hydrogens (tertiary/aromatic N) is 2. The topological polar surface area (TPSA) is 71.7 Å². The van der Waals surface area contributed by atoms with E-state index in [1.807, 2.05) is 67.6 Å². The minimum absolute atomic E-state index is 0.0271. The number of rotatable bonds is 9. The monoisotopic (exact) mass is 548 g/mol. The zero-order valence-corrected chi connectivity index (χ0v) is 24.0. The van der Waals surface area contributed by atoms with Gasteiger partial charge in [-0.3, -0.25) is 9.59 Å². The van der Waals surface area contributed by atoms with E-state index in [1.54, 1.807) is 17.8 Å². The van der Waals surface area contributed by atoms with Crippen LogP contribution in [0.2, 0.25) is 0 Å². The number of aromatic nitrogens is 1. The summed E-state index contributed by atoms with van der Waals surface area (Å²) in [5, 5.41) is 14.9. The van der Waals surface area contributed by atoms with Crippen molar-refractivity contribution in [2.24, 2.45) is 5.16 Å². The molecule has 0 amide bonds. The maximum absolute atomic E-state index is 13.4. The molecule has 0 fully saturated rings. The Morgan fingerprint density at radius 3 is 2.02 bits per heavy atom. The van der Waals surface area contributed by atoms with Crippen LogP contribution in [-0.2, 0) is 6.54 Å². The van der Waals surface area contributed by atoms with Crippen LogP contribution in [0.15, 0.2) is 88.9 Å². The van der Waals surface area contributed by atoms with Crippen LogP contribution >= 0.6 is 11.8 Å². The number of Topliss-reactive ketones (excluding diaryl/α,β-unsaturated/α-hetero) is 1. The van der Waals surface area contributed by atoms with Gasteiger partial charge in [-0.05, 0) is 80.8 Å². The summed E-state index contributed by atoms with van der Waals surface area (Å²) in [7, 11) is 0. The fraction of sp³-hybridized carbons (Fsp3) is 0.206. The average Bonchev–Trinajstić information content (AvgIpc) is 3.28. The van der Waals surface area contributed by atoms with Crippen molar-refractivity contribution in [1.82, 2.24) is 4.57 Å². The van der Waals surface area contributed by atoms with E-state index in [2.05, 4.69) is 42.6 Å². The predicted molar refractivity (Wildman–Crippen MR) is 165 cm³/mol. The smallest absolute Gasteiger partial charge is 0.210 e. The third kappa shape index (κ3) is 5.07. The molecule has 4 aromatic carbocycles. The summed E-state index contributed by atoms with van der Waals surface area (Å²) >= 11 is 1.66. The van der Waals surface area contributed by atoms with Gasteiger partial charge in [-0.1, -0.05) is 47.6 Å².